The molecular formula is C20H19IN4O3. The average Bonchev–Trinajstić information content (AvgIpc) is 3.12. The molecule has 28 heavy (non-hydrogen) atoms. The number of nitrogens with two attached hydrogens (primary N) is 1. The van der Waals surface area contributed by atoms with Gasteiger partial charge in [-0.1, -0.05) is 30.3 Å². The molecule has 0 bridgehead atoms. The van der Waals surface area contributed by atoms with Crippen molar-refractivity contribution in [2.75, 3.05) is 12.3 Å². The highest BCUT2D eigenvalue weighted by atomic mass is 127. The summed E-state index contributed by atoms with van der Waals surface area (Å²) in [4.78, 5) is 29.1. The van der Waals surface area contributed by atoms with Crippen LogP contribution in [-0.2, 0) is 16.6 Å². The van der Waals surface area contributed by atoms with E-state index in [4.69, 9.17) is 10.5 Å². The zero-order valence-electron chi connectivity index (χ0n) is 15.1. The Bertz CT molecular complexity index is 988. The molecule has 0 spiro atoms. The lowest BCUT2D eigenvalue weighted by Crippen LogP contribution is -2.34. The number of imidazole rings is 1. The van der Waals surface area contributed by atoms with E-state index in [1.807, 2.05) is 41.9 Å². The van der Waals surface area contributed by atoms with Gasteiger partial charge in [0.2, 0.25) is 0 Å². The number of halogens is 1. The SMILES string of the molecule is Cn1ccnc1C(NC(=O)COC(=O)c1cc(I)ccc1N)c1ccccc1. The van der Waals surface area contributed by atoms with Gasteiger partial charge in [-0.25, -0.2) is 9.78 Å². The molecule has 0 aliphatic rings. The Labute approximate surface area is 176 Å². The topological polar surface area (TPSA) is 99.2 Å². The van der Waals surface area contributed by atoms with Crippen molar-refractivity contribution in [1.82, 2.24) is 14.9 Å². The molecule has 3 rings (SSSR count). The summed E-state index contributed by atoms with van der Waals surface area (Å²) >= 11 is 2.08. The highest BCUT2D eigenvalue weighted by molar-refractivity contribution is 14.1. The normalized spacial score (nSPS) is 11.6. The number of aryl methyl sites for hydroxylation is 1. The van der Waals surface area contributed by atoms with E-state index in [2.05, 4.69) is 32.9 Å². The summed E-state index contributed by atoms with van der Waals surface area (Å²) in [7, 11) is 1.85. The number of ether oxygens (including phenoxy) is 1. The first-order valence-electron chi connectivity index (χ1n) is 8.49. The molecule has 1 unspecified atom stereocenters. The summed E-state index contributed by atoms with van der Waals surface area (Å²) in [5, 5.41) is 2.88. The van der Waals surface area contributed by atoms with Crippen molar-refractivity contribution in [2.24, 2.45) is 7.05 Å². The molecule has 0 aliphatic heterocycles. The Morgan fingerprint density at radius 1 is 1.25 bits per heavy atom. The lowest BCUT2D eigenvalue weighted by Gasteiger charge is -2.19. The summed E-state index contributed by atoms with van der Waals surface area (Å²) < 4.78 is 7.83. The highest BCUT2D eigenvalue weighted by Gasteiger charge is 2.21. The van der Waals surface area contributed by atoms with Crippen LogP contribution in [0.4, 0.5) is 5.69 Å². The first kappa shape index (κ1) is 19.9. The number of carbonyl (C=O) groups excluding carboxylic acids is 2. The first-order valence-corrected chi connectivity index (χ1v) is 9.57. The molecule has 3 aromatic rings. The molecule has 7 nitrogen and oxygen atoms in total. The van der Waals surface area contributed by atoms with Gasteiger partial charge in [0.05, 0.1) is 5.56 Å². The van der Waals surface area contributed by atoms with Crippen LogP contribution in [-0.4, -0.2) is 28.0 Å². The van der Waals surface area contributed by atoms with Crippen LogP contribution in [0.3, 0.4) is 0 Å². The van der Waals surface area contributed by atoms with Crippen molar-refractivity contribution >= 4 is 40.2 Å². The van der Waals surface area contributed by atoms with Crippen LogP contribution in [0, 0.1) is 3.57 Å². The van der Waals surface area contributed by atoms with Crippen LogP contribution in [0.25, 0.3) is 0 Å². The van der Waals surface area contributed by atoms with Crippen LogP contribution in [0.5, 0.6) is 0 Å². The van der Waals surface area contributed by atoms with Crippen molar-refractivity contribution in [1.29, 1.82) is 0 Å². The zero-order chi connectivity index (χ0) is 20.1. The van der Waals surface area contributed by atoms with Gasteiger partial charge in [0, 0.05) is 28.7 Å². The predicted molar refractivity (Wildman–Crippen MR) is 113 cm³/mol. The van der Waals surface area contributed by atoms with E-state index in [1.54, 1.807) is 30.6 Å². The number of amides is 1. The van der Waals surface area contributed by atoms with E-state index in [0.717, 1.165) is 9.13 Å². The summed E-state index contributed by atoms with van der Waals surface area (Å²) in [6.45, 7) is -0.419. The maximum Gasteiger partial charge on any atom is 0.340 e. The average molecular weight is 490 g/mol. The molecule has 0 saturated carbocycles. The van der Waals surface area contributed by atoms with Crippen LogP contribution < -0.4 is 11.1 Å². The Morgan fingerprint density at radius 3 is 2.68 bits per heavy atom. The van der Waals surface area contributed by atoms with E-state index < -0.39 is 24.5 Å². The minimum Gasteiger partial charge on any atom is -0.452 e. The molecule has 2 aromatic carbocycles. The van der Waals surface area contributed by atoms with E-state index in [9.17, 15) is 9.59 Å². The van der Waals surface area contributed by atoms with E-state index in [1.165, 1.54) is 0 Å². The van der Waals surface area contributed by atoms with Crippen LogP contribution in [0.2, 0.25) is 0 Å². The molecule has 0 saturated heterocycles. The smallest absolute Gasteiger partial charge is 0.340 e. The number of nitrogens with zero attached hydrogens (tertiary/aromatic N) is 2. The number of aromatic nitrogens is 2. The molecule has 8 heteroatoms. The molecule has 0 fully saturated rings. The first-order chi connectivity index (χ1) is 13.5. The second-order valence-electron chi connectivity index (χ2n) is 6.12. The summed E-state index contributed by atoms with van der Waals surface area (Å²) in [5.41, 5.74) is 7.24. The Morgan fingerprint density at radius 2 is 2.00 bits per heavy atom. The third-order valence-corrected chi connectivity index (χ3v) is 4.80. The number of carbonyl (C=O) groups is 2. The van der Waals surface area contributed by atoms with Gasteiger partial charge in [0.15, 0.2) is 6.61 Å². The van der Waals surface area contributed by atoms with Gasteiger partial charge in [0.1, 0.15) is 11.9 Å². The number of anilines is 1. The van der Waals surface area contributed by atoms with Crippen molar-refractivity contribution in [2.45, 2.75) is 6.04 Å². The number of nitrogen functional groups attached to an aromatic ring is 1. The minimum absolute atomic E-state index is 0.239. The van der Waals surface area contributed by atoms with Crippen LogP contribution in [0.15, 0.2) is 60.9 Å². The molecule has 1 heterocycles. The predicted octanol–water partition coefficient (Wildman–Crippen LogP) is 2.67. The lowest BCUT2D eigenvalue weighted by molar-refractivity contribution is -0.124. The molecule has 0 aliphatic carbocycles. The molecule has 1 atom stereocenters. The molecule has 144 valence electrons. The number of nitrogens with one attached hydrogen (secondary N) is 1. The standard InChI is InChI=1S/C20H19IN4O3/c1-25-10-9-23-19(25)18(13-5-3-2-4-6-13)24-17(26)12-28-20(27)15-11-14(21)7-8-16(15)22/h2-11,18H,12,22H2,1H3,(H,24,26). The van der Waals surface area contributed by atoms with Gasteiger partial charge < -0.3 is 20.4 Å². The quantitative estimate of drug-likeness (QED) is 0.315. The third-order valence-electron chi connectivity index (χ3n) is 4.12. The maximum absolute atomic E-state index is 12.5. The van der Waals surface area contributed by atoms with Gasteiger partial charge in [0.25, 0.3) is 5.91 Å². The number of hydrogen-bond acceptors (Lipinski definition) is 5. The van der Waals surface area contributed by atoms with Crippen molar-refractivity contribution < 1.29 is 14.3 Å². The monoisotopic (exact) mass is 490 g/mol. The fourth-order valence-corrected chi connectivity index (χ4v) is 3.21. The minimum atomic E-state index is -0.639. The van der Waals surface area contributed by atoms with Gasteiger partial charge in [-0.2, -0.15) is 0 Å². The van der Waals surface area contributed by atoms with Gasteiger partial charge in [-0.3, -0.25) is 4.79 Å². The zero-order valence-corrected chi connectivity index (χ0v) is 17.3. The Kier molecular flexibility index (Phi) is 6.30. The van der Waals surface area contributed by atoms with Gasteiger partial charge in [-0.05, 0) is 46.4 Å². The number of benzene rings is 2. The third kappa shape index (κ3) is 4.69. The van der Waals surface area contributed by atoms with Crippen LogP contribution in [0.1, 0.15) is 27.8 Å². The number of esters is 1. The van der Waals surface area contributed by atoms with Crippen molar-refractivity contribution in [3.63, 3.8) is 0 Å². The summed E-state index contributed by atoms with van der Waals surface area (Å²) in [6, 6.07) is 14.0. The number of hydrogen-bond donors (Lipinski definition) is 2. The summed E-state index contributed by atoms with van der Waals surface area (Å²) in [5.74, 6) is -0.401. The molecule has 3 N–H and O–H groups in total. The van der Waals surface area contributed by atoms with E-state index >= 15 is 0 Å². The van der Waals surface area contributed by atoms with Crippen molar-refractivity contribution in [3.05, 3.63) is 81.4 Å². The van der Waals surface area contributed by atoms with Gasteiger partial charge in [-0.15, -0.1) is 0 Å². The lowest BCUT2D eigenvalue weighted by atomic mass is 10.1. The second kappa shape index (κ2) is 8.87. The second-order valence-corrected chi connectivity index (χ2v) is 7.36. The highest BCUT2D eigenvalue weighted by Crippen LogP contribution is 2.20. The molecule has 1 amide bonds. The number of rotatable bonds is 6. The Hall–Kier alpha value is -2.88. The van der Waals surface area contributed by atoms with Crippen LogP contribution >= 0.6 is 22.6 Å². The van der Waals surface area contributed by atoms with E-state index in [0.29, 0.717) is 11.5 Å². The largest absolute Gasteiger partial charge is 0.452 e. The maximum atomic E-state index is 12.5. The summed E-state index contributed by atoms with van der Waals surface area (Å²) in [6.07, 6.45) is 3.47. The fourth-order valence-electron chi connectivity index (χ4n) is 2.71. The van der Waals surface area contributed by atoms with Gasteiger partial charge >= 0.3 is 5.97 Å². The Balaban J connectivity index is 1.70. The molecule has 0 radical (unpaired) electrons. The van der Waals surface area contributed by atoms with Crippen molar-refractivity contribution in [3.8, 4) is 0 Å². The molecule has 1 aromatic heterocycles. The fraction of sp³-hybridized carbons (Fsp3) is 0.150. The molecular weight excluding hydrogens is 471 g/mol. The van der Waals surface area contributed by atoms with E-state index in [-0.39, 0.29) is 5.56 Å².